The van der Waals surface area contributed by atoms with Gasteiger partial charge in [-0.05, 0) is 45.8 Å². The molecule has 1 fully saturated rings. The Kier molecular flexibility index (Phi) is 5.28. The summed E-state index contributed by atoms with van der Waals surface area (Å²) in [5, 5.41) is 0. The van der Waals surface area contributed by atoms with Crippen molar-refractivity contribution in [3.8, 4) is 0 Å². The van der Waals surface area contributed by atoms with Gasteiger partial charge in [0.2, 0.25) is 5.91 Å². The Morgan fingerprint density at radius 3 is 2.86 bits per heavy atom. The highest BCUT2D eigenvalue weighted by molar-refractivity contribution is 5.75. The molecule has 0 N–H and O–H groups in total. The van der Waals surface area contributed by atoms with Crippen LogP contribution in [0, 0.1) is 6.92 Å². The van der Waals surface area contributed by atoms with Crippen LogP contribution in [0.5, 0.6) is 0 Å². The fourth-order valence-corrected chi connectivity index (χ4v) is 2.80. The zero-order valence-corrected chi connectivity index (χ0v) is 13.6. The molecule has 1 aromatic heterocycles. The Bertz CT molecular complexity index is 501. The molecule has 1 aromatic rings. The van der Waals surface area contributed by atoms with Crippen LogP contribution in [0.3, 0.4) is 0 Å². The van der Waals surface area contributed by atoms with E-state index in [2.05, 4.69) is 16.9 Å². The molecule has 0 aromatic carbocycles. The van der Waals surface area contributed by atoms with Gasteiger partial charge in [-0.1, -0.05) is 0 Å². The summed E-state index contributed by atoms with van der Waals surface area (Å²) in [6.07, 6.45) is 3.56. The Morgan fingerprint density at radius 2 is 2.19 bits per heavy atom. The minimum atomic E-state index is 0.144. The molecule has 0 unspecified atom stereocenters. The molecule has 0 spiro atoms. The SMILES string of the molecule is Cc1cc(CCC(=O)N(C)C)nc([C@H]2CCCN(C)C2)n1. The Morgan fingerprint density at radius 1 is 1.43 bits per heavy atom. The first-order chi connectivity index (χ1) is 9.95. The number of piperidine rings is 1. The number of hydrogen-bond acceptors (Lipinski definition) is 4. The molecule has 2 heterocycles. The lowest BCUT2D eigenvalue weighted by Crippen LogP contribution is -2.32. The molecule has 2 rings (SSSR count). The number of aromatic nitrogens is 2. The normalized spacial score (nSPS) is 19.5. The van der Waals surface area contributed by atoms with Crippen molar-refractivity contribution in [2.75, 3.05) is 34.2 Å². The van der Waals surface area contributed by atoms with Crippen LogP contribution in [0.1, 0.15) is 42.4 Å². The lowest BCUT2D eigenvalue weighted by Gasteiger charge is -2.28. The van der Waals surface area contributed by atoms with E-state index >= 15 is 0 Å². The summed E-state index contributed by atoms with van der Waals surface area (Å²) in [7, 11) is 5.73. The van der Waals surface area contributed by atoms with E-state index in [4.69, 9.17) is 4.98 Å². The maximum atomic E-state index is 11.7. The van der Waals surface area contributed by atoms with Crippen molar-refractivity contribution in [2.24, 2.45) is 0 Å². The molecule has 0 bridgehead atoms. The van der Waals surface area contributed by atoms with Crippen LogP contribution < -0.4 is 0 Å². The number of hydrogen-bond donors (Lipinski definition) is 0. The van der Waals surface area contributed by atoms with Gasteiger partial charge in [0.05, 0.1) is 0 Å². The summed E-state index contributed by atoms with van der Waals surface area (Å²) in [6, 6.07) is 2.00. The molecule has 0 radical (unpaired) electrons. The van der Waals surface area contributed by atoms with Gasteiger partial charge in [-0.25, -0.2) is 9.97 Å². The Balaban J connectivity index is 2.08. The third-order valence-corrected chi connectivity index (χ3v) is 4.01. The molecule has 5 heteroatoms. The standard InChI is InChI=1S/C16H26N4O/c1-12-10-14(7-8-15(21)19(2)3)18-16(17-12)13-6-5-9-20(4)11-13/h10,13H,5-9,11H2,1-4H3/t13-/m0/s1. The second kappa shape index (κ2) is 6.98. The van der Waals surface area contributed by atoms with E-state index in [1.807, 2.05) is 13.0 Å². The first-order valence-electron chi connectivity index (χ1n) is 7.69. The van der Waals surface area contributed by atoms with E-state index in [1.54, 1.807) is 19.0 Å². The summed E-state index contributed by atoms with van der Waals surface area (Å²) in [6.45, 7) is 4.20. The molecule has 1 saturated heterocycles. The zero-order chi connectivity index (χ0) is 15.4. The van der Waals surface area contributed by atoms with Gasteiger partial charge < -0.3 is 9.80 Å². The predicted molar refractivity (Wildman–Crippen MR) is 83.3 cm³/mol. The third kappa shape index (κ3) is 4.49. The Hall–Kier alpha value is -1.49. The van der Waals surface area contributed by atoms with Crippen LogP contribution in [0.4, 0.5) is 0 Å². The fraction of sp³-hybridized carbons (Fsp3) is 0.688. The van der Waals surface area contributed by atoms with Gasteiger partial charge in [0, 0.05) is 44.4 Å². The molecule has 0 aliphatic carbocycles. The fourth-order valence-electron chi connectivity index (χ4n) is 2.80. The van der Waals surface area contributed by atoms with Gasteiger partial charge in [-0.3, -0.25) is 4.79 Å². The average Bonchev–Trinajstić information content (AvgIpc) is 2.44. The summed E-state index contributed by atoms with van der Waals surface area (Å²) >= 11 is 0. The van der Waals surface area contributed by atoms with Gasteiger partial charge in [0.25, 0.3) is 0 Å². The number of nitrogens with zero attached hydrogens (tertiary/aromatic N) is 4. The molecular formula is C16H26N4O. The van der Waals surface area contributed by atoms with E-state index in [9.17, 15) is 4.79 Å². The second-order valence-corrected chi connectivity index (χ2v) is 6.25. The molecule has 1 aliphatic heterocycles. The van der Waals surface area contributed by atoms with Crippen LogP contribution in [-0.4, -0.2) is 59.9 Å². The van der Waals surface area contributed by atoms with Crippen LogP contribution >= 0.6 is 0 Å². The summed E-state index contributed by atoms with van der Waals surface area (Å²) in [5.41, 5.74) is 1.99. The minimum Gasteiger partial charge on any atom is -0.349 e. The quantitative estimate of drug-likeness (QED) is 0.845. The van der Waals surface area contributed by atoms with Crippen molar-refractivity contribution in [3.05, 3.63) is 23.3 Å². The number of amides is 1. The van der Waals surface area contributed by atoms with E-state index < -0.39 is 0 Å². The lowest BCUT2D eigenvalue weighted by molar-refractivity contribution is -0.128. The van der Waals surface area contributed by atoms with Crippen LogP contribution in [0.25, 0.3) is 0 Å². The highest BCUT2D eigenvalue weighted by atomic mass is 16.2. The molecule has 21 heavy (non-hydrogen) atoms. The monoisotopic (exact) mass is 290 g/mol. The molecule has 5 nitrogen and oxygen atoms in total. The maximum Gasteiger partial charge on any atom is 0.222 e. The van der Waals surface area contributed by atoms with E-state index in [0.717, 1.165) is 36.7 Å². The number of carbonyl (C=O) groups excluding carboxylic acids is 1. The summed E-state index contributed by atoms with van der Waals surface area (Å²) in [5.74, 6) is 1.52. The van der Waals surface area contributed by atoms with Crippen molar-refractivity contribution in [2.45, 2.75) is 38.5 Å². The topological polar surface area (TPSA) is 49.3 Å². The number of likely N-dealkylation sites (tertiary alicyclic amines) is 1. The number of rotatable bonds is 4. The van der Waals surface area contributed by atoms with Gasteiger partial charge in [-0.15, -0.1) is 0 Å². The summed E-state index contributed by atoms with van der Waals surface area (Å²) < 4.78 is 0. The molecular weight excluding hydrogens is 264 g/mol. The highest BCUT2D eigenvalue weighted by Gasteiger charge is 2.22. The first-order valence-corrected chi connectivity index (χ1v) is 7.69. The largest absolute Gasteiger partial charge is 0.349 e. The van der Waals surface area contributed by atoms with Crippen molar-refractivity contribution in [3.63, 3.8) is 0 Å². The van der Waals surface area contributed by atoms with Crippen molar-refractivity contribution in [1.82, 2.24) is 19.8 Å². The van der Waals surface area contributed by atoms with Crippen LogP contribution in [0.15, 0.2) is 6.07 Å². The predicted octanol–water partition coefficient (Wildman–Crippen LogP) is 1.62. The van der Waals surface area contributed by atoms with Crippen LogP contribution in [-0.2, 0) is 11.2 Å². The van der Waals surface area contributed by atoms with Crippen molar-refractivity contribution < 1.29 is 4.79 Å². The maximum absolute atomic E-state index is 11.7. The zero-order valence-electron chi connectivity index (χ0n) is 13.6. The Labute approximate surface area is 127 Å². The van der Waals surface area contributed by atoms with Crippen molar-refractivity contribution >= 4 is 5.91 Å². The van der Waals surface area contributed by atoms with E-state index in [1.165, 1.54) is 6.42 Å². The first kappa shape index (κ1) is 15.9. The molecule has 1 amide bonds. The number of aryl methyl sites for hydroxylation is 2. The van der Waals surface area contributed by atoms with Crippen molar-refractivity contribution in [1.29, 1.82) is 0 Å². The smallest absolute Gasteiger partial charge is 0.222 e. The van der Waals surface area contributed by atoms with Gasteiger partial charge in [-0.2, -0.15) is 0 Å². The molecule has 1 atom stereocenters. The number of likely N-dealkylation sites (N-methyl/N-ethyl adjacent to an activating group) is 1. The van der Waals surface area contributed by atoms with E-state index in [-0.39, 0.29) is 5.91 Å². The minimum absolute atomic E-state index is 0.144. The van der Waals surface area contributed by atoms with Gasteiger partial charge in [0.1, 0.15) is 5.82 Å². The molecule has 1 aliphatic rings. The highest BCUT2D eigenvalue weighted by Crippen LogP contribution is 2.24. The average molecular weight is 290 g/mol. The van der Waals surface area contributed by atoms with Crippen LogP contribution in [0.2, 0.25) is 0 Å². The number of carbonyl (C=O) groups is 1. The third-order valence-electron chi connectivity index (χ3n) is 4.01. The van der Waals surface area contributed by atoms with E-state index in [0.29, 0.717) is 18.8 Å². The molecule has 116 valence electrons. The second-order valence-electron chi connectivity index (χ2n) is 6.25. The summed E-state index contributed by atoms with van der Waals surface area (Å²) in [4.78, 5) is 25.0. The molecule has 0 saturated carbocycles. The van der Waals surface area contributed by atoms with Gasteiger partial charge >= 0.3 is 0 Å². The van der Waals surface area contributed by atoms with Gasteiger partial charge in [0.15, 0.2) is 0 Å². The lowest BCUT2D eigenvalue weighted by atomic mass is 9.97.